The monoisotopic (exact) mass is 299 g/mol. The van der Waals surface area contributed by atoms with Gasteiger partial charge < -0.3 is 5.73 Å². The first kappa shape index (κ1) is 12.3. The van der Waals surface area contributed by atoms with E-state index < -0.39 is 0 Å². The van der Waals surface area contributed by atoms with E-state index in [4.69, 9.17) is 11.0 Å². The number of para-hydroxylation sites is 1. The molecule has 0 atom stereocenters. The van der Waals surface area contributed by atoms with Crippen molar-refractivity contribution in [1.29, 1.82) is 5.26 Å². The van der Waals surface area contributed by atoms with Crippen LogP contribution in [-0.2, 0) is 0 Å². The molecule has 88 valence electrons. The average Bonchev–Trinajstić information content (AvgIpc) is 2.41. The smallest absolute Gasteiger partial charge is 0.131 e. The molecule has 3 nitrogen and oxygen atoms in total. The Balaban J connectivity index is 2.33. The Morgan fingerprint density at radius 3 is 2.39 bits per heavy atom. The van der Waals surface area contributed by atoms with Crippen LogP contribution in [0.4, 0.5) is 5.69 Å². The standard InChI is InChI=1S/C14H10BrN3/c15-12-3-1-2-4-13(12)18-14(17)11-7-5-10(9-16)6-8-11/h1-8H,(H2,17,18). The zero-order valence-corrected chi connectivity index (χ0v) is 11.1. The zero-order valence-electron chi connectivity index (χ0n) is 9.47. The first-order valence-electron chi connectivity index (χ1n) is 5.30. The van der Waals surface area contributed by atoms with Crippen LogP contribution >= 0.6 is 15.9 Å². The molecule has 0 amide bonds. The summed E-state index contributed by atoms with van der Waals surface area (Å²) in [5, 5.41) is 8.72. The van der Waals surface area contributed by atoms with E-state index >= 15 is 0 Å². The highest BCUT2D eigenvalue weighted by atomic mass is 79.9. The minimum absolute atomic E-state index is 0.423. The molecule has 2 aromatic carbocycles. The van der Waals surface area contributed by atoms with Crippen LogP contribution in [0.25, 0.3) is 0 Å². The summed E-state index contributed by atoms with van der Waals surface area (Å²) in [6.45, 7) is 0. The van der Waals surface area contributed by atoms with Gasteiger partial charge in [-0.3, -0.25) is 0 Å². The largest absolute Gasteiger partial charge is 0.383 e. The van der Waals surface area contributed by atoms with E-state index in [2.05, 4.69) is 27.0 Å². The number of hydrogen-bond acceptors (Lipinski definition) is 2. The fraction of sp³-hybridized carbons (Fsp3) is 0. The van der Waals surface area contributed by atoms with Crippen LogP contribution in [-0.4, -0.2) is 5.84 Å². The van der Waals surface area contributed by atoms with Crippen molar-refractivity contribution in [3.63, 3.8) is 0 Å². The molecule has 0 fully saturated rings. The lowest BCUT2D eigenvalue weighted by Gasteiger charge is -2.02. The molecule has 0 aromatic heterocycles. The second kappa shape index (κ2) is 5.48. The molecule has 18 heavy (non-hydrogen) atoms. The third-order valence-electron chi connectivity index (χ3n) is 2.40. The van der Waals surface area contributed by atoms with Crippen molar-refractivity contribution in [2.45, 2.75) is 0 Å². The van der Waals surface area contributed by atoms with Crippen molar-refractivity contribution in [1.82, 2.24) is 0 Å². The minimum Gasteiger partial charge on any atom is -0.383 e. The van der Waals surface area contributed by atoms with Gasteiger partial charge in [-0.05, 0) is 52.3 Å². The predicted octanol–water partition coefficient (Wildman–Crippen LogP) is 3.36. The number of nitrogens with two attached hydrogens (primary N) is 1. The molecule has 0 heterocycles. The van der Waals surface area contributed by atoms with Crippen molar-refractivity contribution in [3.05, 3.63) is 64.1 Å². The van der Waals surface area contributed by atoms with Crippen LogP contribution < -0.4 is 5.73 Å². The van der Waals surface area contributed by atoms with E-state index in [-0.39, 0.29) is 0 Å². The van der Waals surface area contributed by atoms with Gasteiger partial charge in [-0.25, -0.2) is 4.99 Å². The van der Waals surface area contributed by atoms with Crippen LogP contribution in [0.3, 0.4) is 0 Å². The third kappa shape index (κ3) is 2.76. The molecule has 0 unspecified atom stereocenters. The van der Waals surface area contributed by atoms with Gasteiger partial charge in [-0.2, -0.15) is 5.26 Å². The van der Waals surface area contributed by atoms with Crippen LogP contribution in [0.15, 0.2) is 58.0 Å². The van der Waals surface area contributed by atoms with Gasteiger partial charge in [0.2, 0.25) is 0 Å². The molecule has 0 aliphatic heterocycles. The molecule has 0 aliphatic rings. The van der Waals surface area contributed by atoms with Crippen molar-refractivity contribution in [2.75, 3.05) is 0 Å². The van der Waals surface area contributed by atoms with Crippen molar-refractivity contribution in [2.24, 2.45) is 10.7 Å². The fourth-order valence-corrected chi connectivity index (χ4v) is 1.83. The summed E-state index contributed by atoms with van der Waals surface area (Å²) in [6, 6.07) is 16.7. The topological polar surface area (TPSA) is 62.2 Å². The molecule has 2 rings (SSSR count). The van der Waals surface area contributed by atoms with Gasteiger partial charge in [0.25, 0.3) is 0 Å². The predicted molar refractivity (Wildman–Crippen MR) is 75.7 cm³/mol. The highest BCUT2D eigenvalue weighted by Gasteiger charge is 2.01. The van der Waals surface area contributed by atoms with Crippen molar-refractivity contribution in [3.8, 4) is 6.07 Å². The highest BCUT2D eigenvalue weighted by Crippen LogP contribution is 2.24. The van der Waals surface area contributed by atoms with Crippen LogP contribution in [0.1, 0.15) is 11.1 Å². The summed E-state index contributed by atoms with van der Waals surface area (Å²) in [7, 11) is 0. The van der Waals surface area contributed by atoms with Crippen molar-refractivity contribution >= 4 is 27.5 Å². The molecule has 2 N–H and O–H groups in total. The van der Waals surface area contributed by atoms with E-state index in [1.165, 1.54) is 0 Å². The van der Waals surface area contributed by atoms with E-state index in [0.717, 1.165) is 15.7 Å². The Kier molecular flexibility index (Phi) is 3.75. The highest BCUT2D eigenvalue weighted by molar-refractivity contribution is 9.10. The Bertz CT molecular complexity index is 624. The lowest BCUT2D eigenvalue weighted by Crippen LogP contribution is -2.12. The van der Waals surface area contributed by atoms with Gasteiger partial charge in [0.15, 0.2) is 0 Å². The molecule has 0 spiro atoms. The SMILES string of the molecule is N#Cc1ccc(C(N)=Nc2ccccc2Br)cc1. The fourth-order valence-electron chi connectivity index (χ4n) is 1.45. The molecule has 2 aromatic rings. The van der Waals surface area contributed by atoms with Crippen molar-refractivity contribution < 1.29 is 0 Å². The molecule has 0 saturated heterocycles. The second-order valence-electron chi connectivity index (χ2n) is 3.64. The first-order valence-corrected chi connectivity index (χ1v) is 6.09. The first-order chi connectivity index (χ1) is 8.70. The lowest BCUT2D eigenvalue weighted by atomic mass is 10.1. The maximum atomic E-state index is 8.72. The summed E-state index contributed by atoms with van der Waals surface area (Å²) < 4.78 is 0.890. The molecule has 0 bridgehead atoms. The lowest BCUT2D eigenvalue weighted by molar-refractivity contribution is 1.42. The van der Waals surface area contributed by atoms with Gasteiger partial charge in [0, 0.05) is 10.0 Å². The van der Waals surface area contributed by atoms with E-state index in [1.54, 1.807) is 24.3 Å². The van der Waals surface area contributed by atoms with Gasteiger partial charge >= 0.3 is 0 Å². The maximum Gasteiger partial charge on any atom is 0.131 e. The van der Waals surface area contributed by atoms with Crippen LogP contribution in [0.5, 0.6) is 0 Å². The quantitative estimate of drug-likeness (QED) is 0.683. The van der Waals surface area contributed by atoms with Gasteiger partial charge in [-0.15, -0.1) is 0 Å². The van der Waals surface area contributed by atoms with Gasteiger partial charge in [-0.1, -0.05) is 12.1 Å². The number of halogens is 1. The minimum atomic E-state index is 0.423. The number of aliphatic imine (C=N–C) groups is 1. The molecule has 0 radical (unpaired) electrons. The average molecular weight is 300 g/mol. The van der Waals surface area contributed by atoms with E-state index in [9.17, 15) is 0 Å². The number of nitrogens with zero attached hydrogens (tertiary/aromatic N) is 2. The van der Waals surface area contributed by atoms with E-state index in [1.807, 2.05) is 24.3 Å². The molecule has 0 aliphatic carbocycles. The molecular weight excluding hydrogens is 290 g/mol. The second-order valence-corrected chi connectivity index (χ2v) is 4.49. The van der Waals surface area contributed by atoms with Gasteiger partial charge in [0.05, 0.1) is 17.3 Å². The van der Waals surface area contributed by atoms with Crippen LogP contribution in [0.2, 0.25) is 0 Å². The zero-order chi connectivity index (χ0) is 13.0. The van der Waals surface area contributed by atoms with Crippen LogP contribution in [0, 0.1) is 11.3 Å². The number of rotatable bonds is 2. The number of hydrogen-bond donors (Lipinski definition) is 1. The summed E-state index contributed by atoms with van der Waals surface area (Å²) in [6.07, 6.45) is 0. The Morgan fingerprint density at radius 2 is 1.78 bits per heavy atom. The summed E-state index contributed by atoms with van der Waals surface area (Å²) >= 11 is 3.41. The third-order valence-corrected chi connectivity index (χ3v) is 3.07. The summed E-state index contributed by atoms with van der Waals surface area (Å²) in [5.74, 6) is 0.423. The number of benzene rings is 2. The normalized spacial score (nSPS) is 11.0. The summed E-state index contributed by atoms with van der Waals surface area (Å²) in [5.41, 5.74) is 8.11. The van der Waals surface area contributed by atoms with Gasteiger partial charge in [0.1, 0.15) is 5.84 Å². The Hall–Kier alpha value is -2.12. The van der Waals surface area contributed by atoms with E-state index in [0.29, 0.717) is 11.4 Å². The molecule has 0 saturated carbocycles. The number of nitriles is 1. The molecule has 4 heteroatoms. The Morgan fingerprint density at radius 1 is 1.11 bits per heavy atom. The molecular formula is C14H10BrN3. The maximum absolute atomic E-state index is 8.72. The Labute approximate surface area is 114 Å². The summed E-state index contributed by atoms with van der Waals surface area (Å²) in [4.78, 5) is 4.35. The number of amidine groups is 1.